The molecule has 0 saturated heterocycles. The zero-order chi connectivity index (χ0) is 11.0. The number of hydrogen-bond donors (Lipinski definition) is 1. The number of likely N-dealkylation sites (N-methyl/N-ethyl adjacent to an activating group) is 1. The van der Waals surface area contributed by atoms with Gasteiger partial charge in [0.1, 0.15) is 11.8 Å². The molecule has 0 saturated carbocycles. The molecule has 2 atom stereocenters. The van der Waals surface area contributed by atoms with Crippen molar-refractivity contribution in [3.8, 4) is 12.3 Å². The minimum atomic E-state index is 0.107. The number of rotatable bonds is 3. The molecule has 0 amide bonds. The summed E-state index contributed by atoms with van der Waals surface area (Å²) in [6.07, 6.45) is 5.34. The molecule has 0 aromatic carbocycles. The Labute approximate surface area is 86.9 Å². The number of hydrogen-bond acceptors (Lipinski definition) is 3. The van der Waals surface area contributed by atoms with Gasteiger partial charge in [-0.15, -0.1) is 6.42 Å². The van der Waals surface area contributed by atoms with E-state index in [1.54, 1.807) is 0 Å². The van der Waals surface area contributed by atoms with Crippen LogP contribution < -0.4 is 5.32 Å². The van der Waals surface area contributed by atoms with Crippen LogP contribution in [0.25, 0.3) is 0 Å². The molecule has 1 heterocycles. The van der Waals surface area contributed by atoms with Crippen LogP contribution >= 0.6 is 0 Å². The Morgan fingerprint density at radius 3 is 2.64 bits per heavy atom. The van der Waals surface area contributed by atoms with Gasteiger partial charge in [-0.25, -0.2) is 0 Å². The molecule has 80 valence electrons. The maximum Gasteiger partial charge on any atom is 0.148 e. The van der Waals surface area contributed by atoms with Crippen LogP contribution in [-0.2, 0) is 4.84 Å². The standard InChI is InChI=1S/C9H14N2O.C2H6/c1-4-8-7(3)9(12-11-8)6-10-5-2;1-2/h1,7,9-10H,5-6H2,2-3H3;1-2H3. The first kappa shape index (κ1) is 13.0. The highest BCUT2D eigenvalue weighted by atomic mass is 16.6. The summed E-state index contributed by atoms with van der Waals surface area (Å²) in [7, 11) is 0. The summed E-state index contributed by atoms with van der Waals surface area (Å²) in [4.78, 5) is 5.15. The monoisotopic (exact) mass is 196 g/mol. The van der Waals surface area contributed by atoms with Crippen molar-refractivity contribution in [3.63, 3.8) is 0 Å². The molecule has 0 aromatic heterocycles. The molecule has 2 unspecified atom stereocenters. The van der Waals surface area contributed by atoms with Crippen molar-refractivity contribution < 1.29 is 4.84 Å². The second-order valence-electron chi connectivity index (χ2n) is 2.86. The van der Waals surface area contributed by atoms with Gasteiger partial charge in [-0.05, 0) is 6.54 Å². The Morgan fingerprint density at radius 1 is 1.57 bits per heavy atom. The van der Waals surface area contributed by atoms with Gasteiger partial charge in [0, 0.05) is 6.54 Å². The molecule has 0 spiro atoms. The summed E-state index contributed by atoms with van der Waals surface area (Å²) in [5, 5.41) is 7.01. The second kappa shape index (κ2) is 7.40. The van der Waals surface area contributed by atoms with E-state index < -0.39 is 0 Å². The Hall–Kier alpha value is -1.01. The van der Waals surface area contributed by atoms with E-state index in [2.05, 4.69) is 23.3 Å². The Bertz CT molecular complexity index is 218. The van der Waals surface area contributed by atoms with Crippen LogP contribution in [0, 0.1) is 18.3 Å². The van der Waals surface area contributed by atoms with Crippen molar-refractivity contribution in [3.05, 3.63) is 0 Å². The van der Waals surface area contributed by atoms with Crippen molar-refractivity contribution in [2.45, 2.75) is 33.8 Å². The predicted molar refractivity (Wildman–Crippen MR) is 60.2 cm³/mol. The molecule has 1 N–H and O–H groups in total. The minimum Gasteiger partial charge on any atom is -0.390 e. The fraction of sp³-hybridized carbons (Fsp3) is 0.727. The summed E-state index contributed by atoms with van der Waals surface area (Å²) in [5.74, 6) is 2.76. The third-order valence-corrected chi connectivity index (χ3v) is 2.02. The number of terminal acetylenes is 1. The topological polar surface area (TPSA) is 33.6 Å². The van der Waals surface area contributed by atoms with Gasteiger partial charge < -0.3 is 10.2 Å². The van der Waals surface area contributed by atoms with E-state index in [9.17, 15) is 0 Å². The van der Waals surface area contributed by atoms with Gasteiger partial charge in [-0.1, -0.05) is 38.8 Å². The molecule has 3 nitrogen and oxygen atoms in total. The Balaban J connectivity index is 0.000000791. The van der Waals surface area contributed by atoms with Crippen molar-refractivity contribution in [1.82, 2.24) is 5.32 Å². The van der Waals surface area contributed by atoms with E-state index in [0.717, 1.165) is 18.8 Å². The van der Waals surface area contributed by atoms with Crippen LogP contribution in [0.15, 0.2) is 5.16 Å². The highest BCUT2D eigenvalue weighted by Crippen LogP contribution is 2.16. The summed E-state index contributed by atoms with van der Waals surface area (Å²) < 4.78 is 0. The van der Waals surface area contributed by atoms with E-state index in [1.807, 2.05) is 20.8 Å². The van der Waals surface area contributed by atoms with Crippen molar-refractivity contribution in [2.75, 3.05) is 13.1 Å². The summed E-state index contributed by atoms with van der Waals surface area (Å²) in [5.41, 5.74) is 0.720. The second-order valence-corrected chi connectivity index (χ2v) is 2.86. The molecule has 1 rings (SSSR count). The lowest BCUT2D eigenvalue weighted by atomic mass is 10.0. The van der Waals surface area contributed by atoms with Crippen LogP contribution in [0.2, 0.25) is 0 Å². The van der Waals surface area contributed by atoms with Gasteiger partial charge in [0.15, 0.2) is 0 Å². The molecule has 0 aliphatic carbocycles. The summed E-state index contributed by atoms with van der Waals surface area (Å²) >= 11 is 0. The summed E-state index contributed by atoms with van der Waals surface area (Å²) in [6.45, 7) is 9.85. The quantitative estimate of drug-likeness (QED) is 0.696. The molecule has 3 heteroatoms. The van der Waals surface area contributed by atoms with Crippen molar-refractivity contribution in [2.24, 2.45) is 11.1 Å². The van der Waals surface area contributed by atoms with Gasteiger partial charge in [0.05, 0.1) is 5.92 Å². The average Bonchev–Trinajstić information content (AvgIpc) is 2.59. The molecular weight excluding hydrogens is 176 g/mol. The average molecular weight is 196 g/mol. The molecule has 0 bridgehead atoms. The minimum absolute atomic E-state index is 0.107. The lowest BCUT2D eigenvalue weighted by Gasteiger charge is -2.12. The first-order valence-electron chi connectivity index (χ1n) is 5.20. The van der Waals surface area contributed by atoms with E-state index in [-0.39, 0.29) is 12.0 Å². The fourth-order valence-electron chi connectivity index (χ4n) is 1.13. The van der Waals surface area contributed by atoms with Crippen LogP contribution in [0.3, 0.4) is 0 Å². The van der Waals surface area contributed by atoms with Gasteiger partial charge in [0.25, 0.3) is 0 Å². The first-order chi connectivity index (χ1) is 6.79. The van der Waals surface area contributed by atoms with Gasteiger partial charge in [0.2, 0.25) is 0 Å². The van der Waals surface area contributed by atoms with Crippen LogP contribution in [-0.4, -0.2) is 24.9 Å². The smallest absolute Gasteiger partial charge is 0.148 e. The van der Waals surface area contributed by atoms with Crippen molar-refractivity contribution in [1.29, 1.82) is 0 Å². The highest BCUT2D eigenvalue weighted by Gasteiger charge is 2.28. The summed E-state index contributed by atoms with van der Waals surface area (Å²) in [6, 6.07) is 0. The molecule has 1 aliphatic heterocycles. The molecule has 0 fully saturated rings. The van der Waals surface area contributed by atoms with Gasteiger partial charge in [-0.2, -0.15) is 0 Å². The molecule has 0 radical (unpaired) electrons. The molecule has 1 aliphatic rings. The van der Waals surface area contributed by atoms with E-state index >= 15 is 0 Å². The molecular formula is C11H20N2O. The predicted octanol–water partition coefficient (Wildman–Crippen LogP) is 1.65. The normalized spacial score (nSPS) is 24.1. The fourth-order valence-corrected chi connectivity index (χ4v) is 1.13. The molecule has 14 heavy (non-hydrogen) atoms. The van der Waals surface area contributed by atoms with Crippen LogP contribution in [0.5, 0.6) is 0 Å². The van der Waals surface area contributed by atoms with E-state index in [4.69, 9.17) is 11.3 Å². The lowest BCUT2D eigenvalue weighted by Crippen LogP contribution is -2.32. The zero-order valence-corrected chi connectivity index (χ0v) is 9.50. The van der Waals surface area contributed by atoms with E-state index in [1.165, 1.54) is 0 Å². The van der Waals surface area contributed by atoms with E-state index in [0.29, 0.717) is 0 Å². The third-order valence-electron chi connectivity index (χ3n) is 2.02. The SMILES string of the molecule is C#CC1=NOC(CNCC)C1C.CC. The van der Waals surface area contributed by atoms with Gasteiger partial charge >= 0.3 is 0 Å². The zero-order valence-electron chi connectivity index (χ0n) is 9.50. The number of nitrogens with zero attached hydrogens (tertiary/aromatic N) is 1. The Morgan fingerprint density at radius 2 is 2.21 bits per heavy atom. The molecule has 0 aromatic rings. The first-order valence-corrected chi connectivity index (χ1v) is 5.20. The number of oxime groups is 1. The maximum atomic E-state index is 5.23. The highest BCUT2D eigenvalue weighted by molar-refractivity contribution is 6.02. The maximum absolute atomic E-state index is 5.23. The number of nitrogens with one attached hydrogen (secondary N) is 1. The lowest BCUT2D eigenvalue weighted by molar-refractivity contribution is 0.0659. The van der Waals surface area contributed by atoms with Crippen molar-refractivity contribution >= 4 is 5.71 Å². The Kier molecular flexibility index (Phi) is 6.87. The van der Waals surface area contributed by atoms with Crippen LogP contribution in [0.4, 0.5) is 0 Å². The largest absolute Gasteiger partial charge is 0.390 e. The van der Waals surface area contributed by atoms with Gasteiger partial charge in [-0.3, -0.25) is 0 Å². The third kappa shape index (κ3) is 3.39. The van der Waals surface area contributed by atoms with Crippen LogP contribution in [0.1, 0.15) is 27.7 Å².